The van der Waals surface area contributed by atoms with E-state index in [0.29, 0.717) is 18.9 Å². The standard InChI is InChI=1S/C20H28FNO3/c21-18-6-4-15(5-7-18)11-16-8-10-22(13-16)14-20(25)9-2-1-3-17(20)12-19(23)24/h4-7,16-17,25H,1-3,8-14H2,(H,23,24)/t16?,17-,20+/m0/s1. The molecule has 2 aliphatic rings. The summed E-state index contributed by atoms with van der Waals surface area (Å²) < 4.78 is 13.0. The van der Waals surface area contributed by atoms with Gasteiger partial charge in [0.1, 0.15) is 5.82 Å². The summed E-state index contributed by atoms with van der Waals surface area (Å²) in [6.07, 6.45) is 5.53. The van der Waals surface area contributed by atoms with Crippen LogP contribution in [0.3, 0.4) is 0 Å². The van der Waals surface area contributed by atoms with E-state index in [-0.39, 0.29) is 18.2 Å². The first-order valence-corrected chi connectivity index (χ1v) is 9.35. The highest BCUT2D eigenvalue weighted by atomic mass is 19.1. The van der Waals surface area contributed by atoms with Crippen molar-refractivity contribution in [3.05, 3.63) is 35.6 Å². The second-order valence-electron chi connectivity index (χ2n) is 7.86. The van der Waals surface area contributed by atoms with Crippen LogP contribution in [0.1, 0.15) is 44.1 Å². The van der Waals surface area contributed by atoms with Gasteiger partial charge in [0.05, 0.1) is 12.0 Å². The number of likely N-dealkylation sites (tertiary alicyclic amines) is 1. The highest BCUT2D eigenvalue weighted by Crippen LogP contribution is 2.37. The van der Waals surface area contributed by atoms with Crippen molar-refractivity contribution in [3.8, 4) is 0 Å². The average molecular weight is 349 g/mol. The van der Waals surface area contributed by atoms with Crippen LogP contribution in [0.4, 0.5) is 4.39 Å². The number of halogens is 1. The van der Waals surface area contributed by atoms with Gasteiger partial charge in [0.25, 0.3) is 0 Å². The molecule has 0 aromatic heterocycles. The zero-order valence-electron chi connectivity index (χ0n) is 14.7. The maximum Gasteiger partial charge on any atom is 0.303 e. The largest absolute Gasteiger partial charge is 0.481 e. The number of nitrogens with zero attached hydrogens (tertiary/aromatic N) is 1. The van der Waals surface area contributed by atoms with Gasteiger partial charge in [-0.3, -0.25) is 4.79 Å². The fraction of sp³-hybridized carbons (Fsp3) is 0.650. The van der Waals surface area contributed by atoms with Crippen molar-refractivity contribution in [3.63, 3.8) is 0 Å². The Morgan fingerprint density at radius 3 is 2.72 bits per heavy atom. The van der Waals surface area contributed by atoms with E-state index in [9.17, 15) is 14.3 Å². The van der Waals surface area contributed by atoms with E-state index in [1.54, 1.807) is 0 Å². The molecule has 1 unspecified atom stereocenters. The number of carboxylic acids is 1. The second kappa shape index (κ2) is 7.83. The molecule has 3 atom stereocenters. The summed E-state index contributed by atoms with van der Waals surface area (Å²) in [4.78, 5) is 13.4. The Hall–Kier alpha value is -1.46. The van der Waals surface area contributed by atoms with Crippen LogP contribution in [0.25, 0.3) is 0 Å². The lowest BCUT2D eigenvalue weighted by Gasteiger charge is -2.42. The summed E-state index contributed by atoms with van der Waals surface area (Å²) in [7, 11) is 0. The number of carboxylic acid groups (broad SMARTS) is 1. The Balaban J connectivity index is 1.55. The molecule has 2 fully saturated rings. The van der Waals surface area contributed by atoms with Crippen molar-refractivity contribution in [2.45, 2.75) is 50.5 Å². The normalized spacial score (nSPS) is 30.5. The SMILES string of the molecule is O=C(O)C[C@@H]1CCCC[C@@]1(O)CN1CCC(Cc2ccc(F)cc2)C1. The molecule has 1 saturated heterocycles. The smallest absolute Gasteiger partial charge is 0.303 e. The second-order valence-corrected chi connectivity index (χ2v) is 7.86. The van der Waals surface area contributed by atoms with Crippen molar-refractivity contribution < 1.29 is 19.4 Å². The van der Waals surface area contributed by atoms with E-state index in [1.807, 2.05) is 12.1 Å². The van der Waals surface area contributed by atoms with Crippen LogP contribution >= 0.6 is 0 Å². The van der Waals surface area contributed by atoms with Gasteiger partial charge in [-0.1, -0.05) is 25.0 Å². The van der Waals surface area contributed by atoms with Gasteiger partial charge in [-0.25, -0.2) is 4.39 Å². The Kier molecular flexibility index (Phi) is 5.74. The molecule has 3 rings (SSSR count). The quantitative estimate of drug-likeness (QED) is 0.829. The Morgan fingerprint density at radius 2 is 2.00 bits per heavy atom. The van der Waals surface area contributed by atoms with Crippen LogP contribution in [0.2, 0.25) is 0 Å². The van der Waals surface area contributed by atoms with Gasteiger partial charge in [0.15, 0.2) is 0 Å². The Labute approximate surface area is 148 Å². The van der Waals surface area contributed by atoms with Crippen molar-refractivity contribution in [1.29, 1.82) is 0 Å². The van der Waals surface area contributed by atoms with Crippen LogP contribution in [0.15, 0.2) is 24.3 Å². The van der Waals surface area contributed by atoms with Crippen molar-refractivity contribution in [2.24, 2.45) is 11.8 Å². The highest BCUT2D eigenvalue weighted by Gasteiger charge is 2.42. The monoisotopic (exact) mass is 349 g/mol. The van der Waals surface area contributed by atoms with Crippen molar-refractivity contribution in [1.82, 2.24) is 4.90 Å². The third-order valence-corrected chi connectivity index (χ3v) is 5.90. The predicted octanol–water partition coefficient (Wildman–Crippen LogP) is 3.09. The maximum absolute atomic E-state index is 13.0. The third kappa shape index (κ3) is 4.79. The molecule has 0 bridgehead atoms. The van der Waals surface area contributed by atoms with E-state index in [4.69, 9.17) is 5.11 Å². The van der Waals surface area contributed by atoms with Gasteiger partial charge < -0.3 is 15.1 Å². The number of aliphatic carboxylic acids is 1. The number of β-amino-alcohol motifs (C(OH)–C–C–N with tert-alkyl or cyclic N) is 1. The van der Waals surface area contributed by atoms with E-state index < -0.39 is 11.6 Å². The molecule has 25 heavy (non-hydrogen) atoms. The molecule has 0 radical (unpaired) electrons. The molecule has 0 amide bonds. The Bertz CT molecular complexity index is 591. The predicted molar refractivity (Wildman–Crippen MR) is 93.8 cm³/mol. The molecule has 1 saturated carbocycles. The Morgan fingerprint density at radius 1 is 1.24 bits per heavy atom. The van der Waals surface area contributed by atoms with Gasteiger partial charge >= 0.3 is 5.97 Å². The molecule has 1 aromatic carbocycles. The number of benzene rings is 1. The van der Waals surface area contributed by atoms with Crippen LogP contribution in [0, 0.1) is 17.7 Å². The average Bonchev–Trinajstić information content (AvgIpc) is 2.98. The molecular formula is C20H28FNO3. The first kappa shape index (κ1) is 18.3. The number of hydrogen-bond donors (Lipinski definition) is 2. The molecule has 1 aliphatic heterocycles. The van der Waals surface area contributed by atoms with Gasteiger partial charge in [-0.2, -0.15) is 0 Å². The molecular weight excluding hydrogens is 321 g/mol. The van der Waals surface area contributed by atoms with E-state index in [0.717, 1.165) is 50.8 Å². The van der Waals surface area contributed by atoms with Gasteiger partial charge in [0, 0.05) is 13.1 Å². The summed E-state index contributed by atoms with van der Waals surface area (Å²) in [5.74, 6) is -0.660. The minimum Gasteiger partial charge on any atom is -0.481 e. The molecule has 1 heterocycles. The zero-order valence-corrected chi connectivity index (χ0v) is 14.7. The number of carbonyl (C=O) groups is 1. The van der Waals surface area contributed by atoms with Crippen LogP contribution in [-0.4, -0.2) is 46.3 Å². The van der Waals surface area contributed by atoms with E-state index in [2.05, 4.69) is 4.90 Å². The first-order chi connectivity index (χ1) is 11.9. The molecule has 138 valence electrons. The number of aliphatic hydroxyl groups is 1. The zero-order chi connectivity index (χ0) is 17.9. The fourth-order valence-electron chi connectivity index (χ4n) is 4.57. The third-order valence-electron chi connectivity index (χ3n) is 5.90. The molecule has 4 nitrogen and oxygen atoms in total. The summed E-state index contributed by atoms with van der Waals surface area (Å²) in [6.45, 7) is 2.43. The van der Waals surface area contributed by atoms with Crippen LogP contribution in [-0.2, 0) is 11.2 Å². The lowest BCUT2D eigenvalue weighted by Crippen LogP contribution is -2.50. The molecule has 2 N–H and O–H groups in total. The maximum atomic E-state index is 13.0. The van der Waals surface area contributed by atoms with Crippen molar-refractivity contribution in [2.75, 3.05) is 19.6 Å². The van der Waals surface area contributed by atoms with Gasteiger partial charge in [0.2, 0.25) is 0 Å². The van der Waals surface area contributed by atoms with Crippen LogP contribution < -0.4 is 0 Å². The molecule has 0 spiro atoms. The highest BCUT2D eigenvalue weighted by molar-refractivity contribution is 5.67. The van der Waals surface area contributed by atoms with E-state index in [1.165, 1.54) is 12.1 Å². The number of hydrogen-bond acceptors (Lipinski definition) is 3. The molecule has 1 aliphatic carbocycles. The minimum absolute atomic E-state index is 0.0589. The van der Waals surface area contributed by atoms with Crippen LogP contribution in [0.5, 0.6) is 0 Å². The lowest BCUT2D eigenvalue weighted by atomic mass is 9.73. The van der Waals surface area contributed by atoms with Crippen molar-refractivity contribution >= 4 is 5.97 Å². The topological polar surface area (TPSA) is 60.8 Å². The minimum atomic E-state index is -0.874. The summed E-state index contributed by atoms with van der Waals surface area (Å²) >= 11 is 0. The summed E-state index contributed by atoms with van der Waals surface area (Å²) in [5.41, 5.74) is 0.273. The number of rotatable bonds is 6. The molecule has 5 heteroatoms. The van der Waals surface area contributed by atoms with Gasteiger partial charge in [-0.15, -0.1) is 0 Å². The summed E-state index contributed by atoms with van der Waals surface area (Å²) in [5, 5.41) is 20.2. The first-order valence-electron chi connectivity index (χ1n) is 9.35. The van der Waals surface area contributed by atoms with Gasteiger partial charge in [-0.05, 0) is 61.8 Å². The fourth-order valence-corrected chi connectivity index (χ4v) is 4.57. The summed E-state index contributed by atoms with van der Waals surface area (Å²) in [6, 6.07) is 6.69. The lowest BCUT2D eigenvalue weighted by molar-refractivity contribution is -0.143. The van der Waals surface area contributed by atoms with E-state index >= 15 is 0 Å². The molecule has 1 aromatic rings.